The Morgan fingerprint density at radius 2 is 1.94 bits per heavy atom. The van der Waals surface area contributed by atoms with Crippen LogP contribution in [0.15, 0.2) is 34.2 Å². The molecule has 9 heteroatoms. The number of carbonyl (C=O) groups is 2. The lowest BCUT2D eigenvalue weighted by molar-refractivity contribution is -0.140. The lowest BCUT2D eigenvalue weighted by Gasteiger charge is -2.13. The summed E-state index contributed by atoms with van der Waals surface area (Å²) in [5, 5.41) is 4.00. The number of hydrogen-bond donors (Lipinski definition) is 1. The average molecular weight is 488 g/mol. The van der Waals surface area contributed by atoms with Crippen molar-refractivity contribution < 1.29 is 14.3 Å². The van der Waals surface area contributed by atoms with Gasteiger partial charge in [0.05, 0.1) is 24.8 Å². The fourth-order valence-electron chi connectivity index (χ4n) is 3.45. The number of nitrogens with zero attached hydrogens (tertiary/aromatic N) is 2. The van der Waals surface area contributed by atoms with Crippen LogP contribution in [0.3, 0.4) is 0 Å². The summed E-state index contributed by atoms with van der Waals surface area (Å²) in [5.74, 6) is -0.332. The molecule has 1 N–H and O–H groups in total. The van der Waals surface area contributed by atoms with Crippen molar-refractivity contribution in [2.45, 2.75) is 51.7 Å². The number of amides is 1. The van der Waals surface area contributed by atoms with Gasteiger partial charge in [-0.1, -0.05) is 48.5 Å². The molecule has 0 fully saturated rings. The highest BCUT2D eigenvalue weighted by Gasteiger charge is 2.18. The second kappa shape index (κ2) is 11.5. The number of fused-ring (bicyclic) bond motifs is 1. The summed E-state index contributed by atoms with van der Waals surface area (Å²) < 4.78 is 6.27. The Morgan fingerprint density at radius 3 is 2.61 bits per heavy atom. The molecule has 1 aromatic carbocycles. The lowest BCUT2D eigenvalue weighted by atomic mass is 10.1. The molecule has 0 unspecified atom stereocenters. The van der Waals surface area contributed by atoms with Crippen molar-refractivity contribution in [3.63, 3.8) is 0 Å². The van der Waals surface area contributed by atoms with E-state index < -0.39 is 0 Å². The largest absolute Gasteiger partial charge is 0.469 e. The van der Waals surface area contributed by atoms with Gasteiger partial charge in [0.15, 0.2) is 5.16 Å². The van der Waals surface area contributed by atoms with E-state index in [1.54, 1.807) is 15.9 Å². The second-order valence-electron chi connectivity index (χ2n) is 7.77. The van der Waals surface area contributed by atoms with Gasteiger partial charge in [0.1, 0.15) is 4.83 Å². The monoisotopic (exact) mass is 487 g/mol. The van der Waals surface area contributed by atoms with Crippen LogP contribution in [0.1, 0.15) is 41.3 Å². The van der Waals surface area contributed by atoms with Crippen molar-refractivity contribution in [3.05, 3.63) is 56.2 Å². The molecule has 1 amide bonds. The molecule has 0 aliphatic carbocycles. The van der Waals surface area contributed by atoms with Gasteiger partial charge in [-0.15, -0.1) is 11.3 Å². The van der Waals surface area contributed by atoms with Crippen LogP contribution in [0.2, 0.25) is 0 Å². The SMILES string of the molecule is CCc1sc2nc(SCC(=O)NCCCC(=O)OC)n(Cc3ccc(C)cc3)c(=O)c2c1C. The zero-order valence-electron chi connectivity index (χ0n) is 19.4. The van der Waals surface area contributed by atoms with Gasteiger partial charge in [-0.2, -0.15) is 0 Å². The first-order chi connectivity index (χ1) is 15.8. The number of carbonyl (C=O) groups excluding carboxylic acids is 2. The van der Waals surface area contributed by atoms with Crippen molar-refractivity contribution in [1.29, 1.82) is 0 Å². The lowest BCUT2D eigenvalue weighted by Crippen LogP contribution is -2.28. The van der Waals surface area contributed by atoms with Gasteiger partial charge in [0.2, 0.25) is 5.91 Å². The molecule has 0 spiro atoms. The Kier molecular flexibility index (Phi) is 8.68. The number of ether oxygens (including phenoxy) is 1. The van der Waals surface area contributed by atoms with Crippen molar-refractivity contribution in [3.8, 4) is 0 Å². The van der Waals surface area contributed by atoms with E-state index in [2.05, 4.69) is 17.0 Å². The molecule has 0 saturated carbocycles. The van der Waals surface area contributed by atoms with Crippen LogP contribution in [0.5, 0.6) is 0 Å². The highest BCUT2D eigenvalue weighted by Crippen LogP contribution is 2.29. The first-order valence-electron chi connectivity index (χ1n) is 10.9. The molecule has 0 bridgehead atoms. The number of benzene rings is 1. The van der Waals surface area contributed by atoms with Crippen LogP contribution in [-0.4, -0.2) is 40.8 Å². The van der Waals surface area contributed by atoms with Crippen LogP contribution in [0.4, 0.5) is 0 Å². The van der Waals surface area contributed by atoms with Gasteiger partial charge >= 0.3 is 5.97 Å². The predicted octanol–water partition coefficient (Wildman–Crippen LogP) is 3.85. The number of aryl methyl sites for hydroxylation is 3. The van der Waals surface area contributed by atoms with Gasteiger partial charge in [-0.05, 0) is 37.8 Å². The Morgan fingerprint density at radius 1 is 1.21 bits per heavy atom. The van der Waals surface area contributed by atoms with E-state index in [9.17, 15) is 14.4 Å². The number of thiophene rings is 1. The molecular formula is C24H29N3O4S2. The van der Waals surface area contributed by atoms with E-state index in [4.69, 9.17) is 4.98 Å². The smallest absolute Gasteiger partial charge is 0.305 e. The normalized spacial score (nSPS) is 11.0. The first-order valence-corrected chi connectivity index (χ1v) is 12.7. The number of nitrogens with one attached hydrogen (secondary N) is 1. The Labute approximate surface area is 201 Å². The standard InChI is InChI=1S/C24H29N3O4S2/c1-5-18-16(3)21-22(33-18)26-24(32-14-19(28)25-12-6-7-20(29)31-4)27(23(21)30)13-17-10-8-15(2)9-11-17/h8-11H,5-7,12-14H2,1-4H3,(H,25,28). The molecule has 0 radical (unpaired) electrons. The maximum atomic E-state index is 13.5. The van der Waals surface area contributed by atoms with Crippen LogP contribution in [0, 0.1) is 13.8 Å². The topological polar surface area (TPSA) is 90.3 Å². The number of methoxy groups -OCH3 is 1. The third-order valence-corrected chi connectivity index (χ3v) is 7.64. The summed E-state index contributed by atoms with van der Waals surface area (Å²) in [7, 11) is 1.34. The van der Waals surface area contributed by atoms with Crippen molar-refractivity contribution in [1.82, 2.24) is 14.9 Å². The zero-order chi connectivity index (χ0) is 24.0. The summed E-state index contributed by atoms with van der Waals surface area (Å²) >= 11 is 2.80. The molecule has 3 rings (SSSR count). The average Bonchev–Trinajstić information content (AvgIpc) is 3.13. The molecule has 7 nitrogen and oxygen atoms in total. The van der Waals surface area contributed by atoms with Gasteiger partial charge in [0, 0.05) is 17.8 Å². The van der Waals surface area contributed by atoms with Gasteiger partial charge < -0.3 is 10.1 Å². The summed E-state index contributed by atoms with van der Waals surface area (Å²) in [6, 6.07) is 8.05. The summed E-state index contributed by atoms with van der Waals surface area (Å²) in [6.45, 7) is 6.85. The van der Waals surface area contributed by atoms with Gasteiger partial charge in [-0.3, -0.25) is 19.0 Å². The minimum Gasteiger partial charge on any atom is -0.469 e. The quantitative estimate of drug-likeness (QED) is 0.202. The summed E-state index contributed by atoms with van der Waals surface area (Å²) in [5.41, 5.74) is 3.07. The second-order valence-corrected chi connectivity index (χ2v) is 9.80. The molecule has 3 aromatic rings. The molecule has 0 aliphatic rings. The molecular weight excluding hydrogens is 458 g/mol. The minimum atomic E-state index is -0.297. The van der Waals surface area contributed by atoms with E-state index in [-0.39, 0.29) is 29.6 Å². The summed E-state index contributed by atoms with van der Waals surface area (Å²) in [4.78, 5) is 43.7. The van der Waals surface area contributed by atoms with Gasteiger partial charge in [0.25, 0.3) is 5.56 Å². The van der Waals surface area contributed by atoms with E-state index >= 15 is 0 Å². The maximum absolute atomic E-state index is 13.5. The number of thioether (sulfide) groups is 1. The fourth-order valence-corrected chi connectivity index (χ4v) is 5.44. The zero-order valence-corrected chi connectivity index (χ0v) is 21.0. The molecule has 0 aliphatic heterocycles. The number of hydrogen-bond acceptors (Lipinski definition) is 7. The summed E-state index contributed by atoms with van der Waals surface area (Å²) in [6.07, 6.45) is 1.62. The Hall–Kier alpha value is -2.65. The van der Waals surface area contributed by atoms with E-state index in [0.29, 0.717) is 30.1 Å². The van der Waals surface area contributed by atoms with E-state index in [1.807, 2.05) is 38.1 Å². The molecule has 2 heterocycles. The highest BCUT2D eigenvalue weighted by atomic mass is 32.2. The van der Waals surface area contributed by atoms with Gasteiger partial charge in [-0.25, -0.2) is 4.98 Å². The van der Waals surface area contributed by atoms with Crippen molar-refractivity contribution in [2.75, 3.05) is 19.4 Å². The van der Waals surface area contributed by atoms with E-state index in [1.165, 1.54) is 18.9 Å². The molecule has 0 saturated heterocycles. The first kappa shape index (κ1) is 25.0. The predicted molar refractivity (Wildman–Crippen MR) is 133 cm³/mol. The number of esters is 1. The highest BCUT2D eigenvalue weighted by molar-refractivity contribution is 7.99. The molecule has 0 atom stereocenters. The Balaban J connectivity index is 1.82. The van der Waals surface area contributed by atoms with Crippen molar-refractivity contribution in [2.24, 2.45) is 0 Å². The van der Waals surface area contributed by atoms with E-state index in [0.717, 1.165) is 32.8 Å². The van der Waals surface area contributed by atoms with Crippen LogP contribution < -0.4 is 10.9 Å². The fraction of sp³-hybridized carbons (Fsp3) is 0.417. The van der Waals surface area contributed by atoms with Crippen LogP contribution in [0.25, 0.3) is 10.2 Å². The molecule has 33 heavy (non-hydrogen) atoms. The molecule has 176 valence electrons. The van der Waals surface area contributed by atoms with Crippen LogP contribution >= 0.6 is 23.1 Å². The third-order valence-electron chi connectivity index (χ3n) is 5.34. The van der Waals surface area contributed by atoms with Crippen LogP contribution in [-0.2, 0) is 27.3 Å². The number of rotatable bonds is 10. The number of aromatic nitrogens is 2. The Bertz CT molecular complexity index is 1200. The maximum Gasteiger partial charge on any atom is 0.305 e. The molecule has 2 aromatic heterocycles. The third kappa shape index (κ3) is 6.23. The minimum absolute atomic E-state index is 0.0741. The van der Waals surface area contributed by atoms with Crippen molar-refractivity contribution >= 4 is 45.2 Å².